The molecule has 1 fully saturated rings. The fraction of sp³-hybridized carbons (Fsp3) is 0.700. The van der Waals surface area contributed by atoms with Gasteiger partial charge in [0, 0.05) is 13.1 Å². The monoisotopic (exact) mass is 225 g/mol. The molecule has 15 heavy (non-hydrogen) atoms. The molecule has 2 rings (SSSR count). The Kier molecular flexibility index (Phi) is 3.30. The van der Waals surface area contributed by atoms with Crippen LogP contribution in [0.4, 0.5) is 0 Å². The second-order valence-electron chi connectivity index (χ2n) is 3.85. The average molecular weight is 225 g/mol. The Morgan fingerprint density at radius 2 is 1.93 bits per heavy atom. The average Bonchev–Trinajstić information content (AvgIpc) is 2.53. The summed E-state index contributed by atoms with van der Waals surface area (Å²) in [5.74, 6) is 0.751. The zero-order valence-electron chi connectivity index (χ0n) is 8.90. The SMILES string of the molecule is Cc1nsc(C(=O)N2CCCCCC2)n1. The van der Waals surface area contributed by atoms with Crippen LogP contribution < -0.4 is 0 Å². The lowest BCUT2D eigenvalue weighted by Gasteiger charge is -2.18. The maximum absolute atomic E-state index is 12.0. The maximum Gasteiger partial charge on any atom is 0.284 e. The highest BCUT2D eigenvalue weighted by Crippen LogP contribution is 2.14. The molecular formula is C10H15N3OS. The van der Waals surface area contributed by atoms with E-state index in [1.54, 1.807) is 0 Å². The van der Waals surface area contributed by atoms with Gasteiger partial charge < -0.3 is 4.90 Å². The first-order chi connectivity index (χ1) is 7.27. The van der Waals surface area contributed by atoms with Crippen molar-refractivity contribution in [3.8, 4) is 0 Å². The number of aryl methyl sites for hydroxylation is 1. The van der Waals surface area contributed by atoms with Crippen LogP contribution in [0, 0.1) is 6.92 Å². The molecule has 0 aliphatic carbocycles. The smallest absolute Gasteiger partial charge is 0.284 e. The lowest BCUT2D eigenvalue weighted by molar-refractivity contribution is 0.0761. The molecule has 0 unspecified atom stereocenters. The molecule has 1 aromatic heterocycles. The van der Waals surface area contributed by atoms with Gasteiger partial charge >= 0.3 is 0 Å². The van der Waals surface area contributed by atoms with Crippen LogP contribution in [0.15, 0.2) is 0 Å². The third-order valence-electron chi connectivity index (χ3n) is 2.60. The molecule has 1 aliphatic rings. The Morgan fingerprint density at radius 1 is 1.27 bits per heavy atom. The van der Waals surface area contributed by atoms with Gasteiger partial charge in [-0.15, -0.1) is 0 Å². The highest BCUT2D eigenvalue weighted by molar-refractivity contribution is 7.07. The lowest BCUT2D eigenvalue weighted by Crippen LogP contribution is -2.31. The van der Waals surface area contributed by atoms with Crippen molar-refractivity contribution in [2.45, 2.75) is 32.6 Å². The second-order valence-corrected chi connectivity index (χ2v) is 4.61. The number of hydrogen-bond donors (Lipinski definition) is 0. The van der Waals surface area contributed by atoms with E-state index in [0.29, 0.717) is 10.8 Å². The normalized spacial score (nSPS) is 17.5. The Balaban J connectivity index is 2.06. The third-order valence-corrected chi connectivity index (χ3v) is 3.40. The summed E-state index contributed by atoms with van der Waals surface area (Å²) in [5, 5.41) is 0.536. The molecule has 0 saturated carbocycles. The molecule has 1 aliphatic heterocycles. The number of likely N-dealkylation sites (tertiary alicyclic amines) is 1. The minimum atomic E-state index is 0.0579. The number of hydrogen-bond acceptors (Lipinski definition) is 4. The van der Waals surface area contributed by atoms with Crippen molar-refractivity contribution in [1.82, 2.24) is 14.3 Å². The van der Waals surface area contributed by atoms with Crippen molar-refractivity contribution >= 4 is 17.4 Å². The van der Waals surface area contributed by atoms with Crippen LogP contribution in [0.2, 0.25) is 0 Å². The summed E-state index contributed by atoms with van der Waals surface area (Å²) in [6.07, 6.45) is 4.70. The van der Waals surface area contributed by atoms with Crippen molar-refractivity contribution < 1.29 is 4.79 Å². The second kappa shape index (κ2) is 4.70. The first-order valence-electron chi connectivity index (χ1n) is 5.37. The van der Waals surface area contributed by atoms with E-state index in [0.717, 1.165) is 25.9 Å². The van der Waals surface area contributed by atoms with E-state index in [2.05, 4.69) is 9.36 Å². The molecule has 0 bridgehead atoms. The number of amides is 1. The molecule has 4 nitrogen and oxygen atoms in total. The van der Waals surface area contributed by atoms with Gasteiger partial charge in [-0.1, -0.05) is 12.8 Å². The van der Waals surface area contributed by atoms with Gasteiger partial charge in [0.05, 0.1) is 0 Å². The maximum atomic E-state index is 12.0. The van der Waals surface area contributed by atoms with Gasteiger partial charge in [0.25, 0.3) is 5.91 Å². The van der Waals surface area contributed by atoms with E-state index in [1.165, 1.54) is 24.4 Å². The van der Waals surface area contributed by atoms with E-state index >= 15 is 0 Å². The highest BCUT2D eigenvalue weighted by atomic mass is 32.1. The summed E-state index contributed by atoms with van der Waals surface area (Å²) < 4.78 is 4.04. The predicted molar refractivity (Wildman–Crippen MR) is 59.0 cm³/mol. The van der Waals surface area contributed by atoms with Crippen molar-refractivity contribution in [2.75, 3.05) is 13.1 Å². The molecule has 0 aromatic carbocycles. The molecule has 0 spiro atoms. The molecule has 1 amide bonds. The fourth-order valence-corrected chi connectivity index (χ4v) is 2.43. The summed E-state index contributed by atoms with van der Waals surface area (Å²) in [6.45, 7) is 3.56. The fourth-order valence-electron chi connectivity index (χ4n) is 1.79. The standard InChI is InChI=1S/C10H15N3OS/c1-8-11-9(15-12-8)10(14)13-6-4-2-3-5-7-13/h2-7H2,1H3. The van der Waals surface area contributed by atoms with Crippen LogP contribution in [-0.4, -0.2) is 33.3 Å². The molecule has 1 saturated heterocycles. The molecular weight excluding hydrogens is 210 g/mol. The lowest BCUT2D eigenvalue weighted by atomic mass is 10.2. The number of carbonyl (C=O) groups excluding carboxylic acids is 1. The topological polar surface area (TPSA) is 46.1 Å². The van der Waals surface area contributed by atoms with E-state index in [9.17, 15) is 4.79 Å². The summed E-state index contributed by atoms with van der Waals surface area (Å²) >= 11 is 1.21. The van der Waals surface area contributed by atoms with Gasteiger partial charge in [0.1, 0.15) is 5.82 Å². The molecule has 0 N–H and O–H groups in total. The summed E-state index contributed by atoms with van der Waals surface area (Å²) in [6, 6.07) is 0. The number of aromatic nitrogens is 2. The largest absolute Gasteiger partial charge is 0.337 e. The molecule has 0 radical (unpaired) electrons. The Morgan fingerprint density at radius 3 is 2.47 bits per heavy atom. The number of nitrogens with zero attached hydrogens (tertiary/aromatic N) is 3. The van der Waals surface area contributed by atoms with Crippen LogP contribution in [0.5, 0.6) is 0 Å². The first kappa shape index (κ1) is 10.5. The third kappa shape index (κ3) is 2.53. The van der Waals surface area contributed by atoms with Crippen molar-refractivity contribution in [3.63, 3.8) is 0 Å². The van der Waals surface area contributed by atoms with E-state index in [-0.39, 0.29) is 5.91 Å². The zero-order valence-corrected chi connectivity index (χ0v) is 9.72. The summed E-state index contributed by atoms with van der Waals surface area (Å²) in [5.41, 5.74) is 0. The Hall–Kier alpha value is -0.970. The highest BCUT2D eigenvalue weighted by Gasteiger charge is 2.20. The minimum absolute atomic E-state index is 0.0579. The van der Waals surface area contributed by atoms with Crippen molar-refractivity contribution in [2.24, 2.45) is 0 Å². The molecule has 1 aromatic rings. The van der Waals surface area contributed by atoms with Crippen LogP contribution in [0.3, 0.4) is 0 Å². The van der Waals surface area contributed by atoms with Crippen molar-refractivity contribution in [1.29, 1.82) is 0 Å². The Labute approximate surface area is 93.5 Å². The quantitative estimate of drug-likeness (QED) is 0.733. The van der Waals surface area contributed by atoms with Gasteiger partial charge in [-0.25, -0.2) is 4.98 Å². The zero-order chi connectivity index (χ0) is 10.7. The van der Waals surface area contributed by atoms with Crippen LogP contribution in [0.1, 0.15) is 41.3 Å². The van der Waals surface area contributed by atoms with Gasteiger partial charge in [0.15, 0.2) is 0 Å². The number of carbonyl (C=O) groups is 1. The van der Waals surface area contributed by atoms with Gasteiger partial charge in [-0.05, 0) is 31.3 Å². The first-order valence-corrected chi connectivity index (χ1v) is 6.14. The Bertz CT molecular complexity index is 342. The van der Waals surface area contributed by atoms with Crippen LogP contribution >= 0.6 is 11.5 Å². The van der Waals surface area contributed by atoms with Gasteiger partial charge in [-0.2, -0.15) is 4.37 Å². The van der Waals surface area contributed by atoms with E-state index in [1.807, 2.05) is 11.8 Å². The van der Waals surface area contributed by atoms with Gasteiger partial charge in [-0.3, -0.25) is 4.79 Å². The molecule has 82 valence electrons. The molecule has 5 heteroatoms. The minimum Gasteiger partial charge on any atom is -0.337 e. The number of rotatable bonds is 1. The summed E-state index contributed by atoms with van der Waals surface area (Å²) in [7, 11) is 0. The molecule has 0 atom stereocenters. The summed E-state index contributed by atoms with van der Waals surface area (Å²) in [4.78, 5) is 18.0. The van der Waals surface area contributed by atoms with Crippen LogP contribution in [0.25, 0.3) is 0 Å². The molecule has 2 heterocycles. The van der Waals surface area contributed by atoms with Crippen LogP contribution in [-0.2, 0) is 0 Å². The van der Waals surface area contributed by atoms with Gasteiger partial charge in [0.2, 0.25) is 5.01 Å². The predicted octanol–water partition coefficient (Wildman–Crippen LogP) is 1.86. The van der Waals surface area contributed by atoms with Crippen molar-refractivity contribution in [3.05, 3.63) is 10.8 Å². The van der Waals surface area contributed by atoms with E-state index in [4.69, 9.17) is 0 Å². The van der Waals surface area contributed by atoms with E-state index < -0.39 is 0 Å².